The molecule has 0 fully saturated rings. The molecule has 0 saturated heterocycles. The van der Waals surface area contributed by atoms with Gasteiger partial charge in [0.15, 0.2) is 0 Å². The fourth-order valence-electron chi connectivity index (χ4n) is 5.79. The van der Waals surface area contributed by atoms with Gasteiger partial charge in [0, 0.05) is 49.0 Å². The van der Waals surface area contributed by atoms with Crippen LogP contribution >= 0.6 is 11.5 Å². The zero-order valence-corrected chi connectivity index (χ0v) is 29.6. The molecule has 270 valence electrons. The Morgan fingerprint density at radius 3 is 2.59 bits per heavy atom. The van der Waals surface area contributed by atoms with Crippen LogP contribution in [0.1, 0.15) is 35.3 Å². The topological polar surface area (TPSA) is 184 Å². The van der Waals surface area contributed by atoms with E-state index in [0.29, 0.717) is 11.3 Å². The Morgan fingerprint density at radius 2 is 1.86 bits per heavy atom. The Kier molecular flexibility index (Phi) is 12.8. The Hall–Kier alpha value is -5.28. The maximum absolute atomic E-state index is 14.5. The van der Waals surface area contributed by atoms with Crippen molar-refractivity contribution < 1.29 is 33.4 Å². The average Bonchev–Trinajstić information content (AvgIpc) is 3.81. The van der Waals surface area contributed by atoms with Crippen molar-refractivity contribution in [2.75, 3.05) is 40.0 Å². The summed E-state index contributed by atoms with van der Waals surface area (Å²) in [5.74, 6) is -2.25. The molecule has 3 atom stereocenters. The molecule has 6 rings (SSSR count). The van der Waals surface area contributed by atoms with Crippen molar-refractivity contribution in [2.45, 2.75) is 44.8 Å². The lowest BCUT2D eigenvalue weighted by molar-refractivity contribution is -0.141. The molecule has 4 heterocycles. The maximum atomic E-state index is 14.5. The summed E-state index contributed by atoms with van der Waals surface area (Å²) in [5.41, 5.74) is 2.66. The number of nitrogens with one attached hydrogen (secondary N) is 5. The number of rotatable bonds is 8. The van der Waals surface area contributed by atoms with Crippen molar-refractivity contribution in [1.82, 2.24) is 35.5 Å². The molecule has 0 saturated carbocycles. The molecule has 2 bridgehead atoms. The van der Waals surface area contributed by atoms with E-state index >= 15 is 0 Å². The largest absolute Gasteiger partial charge is 0.492 e. The fraction of sp³-hybridized carbons (Fsp3) is 0.389. The Morgan fingerprint density at radius 1 is 1.08 bits per heavy atom. The monoisotopic (exact) mass is 717 g/mol. The minimum Gasteiger partial charge on any atom is -0.492 e. The number of para-hydroxylation sites is 1. The highest BCUT2D eigenvalue weighted by Gasteiger charge is 2.33. The molecule has 5 N–H and O–H groups in total. The van der Waals surface area contributed by atoms with Crippen molar-refractivity contribution >= 4 is 52.0 Å². The average molecular weight is 718 g/mol. The van der Waals surface area contributed by atoms with E-state index in [0.717, 1.165) is 33.6 Å². The summed E-state index contributed by atoms with van der Waals surface area (Å²) in [6.45, 7) is 3.76. The van der Waals surface area contributed by atoms with E-state index in [4.69, 9.17) is 9.47 Å². The van der Waals surface area contributed by atoms with Gasteiger partial charge >= 0.3 is 0 Å². The molecular formula is C36H43N7O7S. The van der Waals surface area contributed by atoms with E-state index in [1.165, 1.54) is 18.2 Å². The number of aromatic nitrogens is 2. The van der Waals surface area contributed by atoms with Crippen molar-refractivity contribution in [3.8, 4) is 5.75 Å². The number of ether oxygens (including phenoxy) is 2. The Bertz CT molecular complexity index is 1810. The number of hydrogen-bond acceptors (Lipinski definition) is 9. The second-order valence-corrected chi connectivity index (χ2v) is 13.3. The first kappa shape index (κ1) is 37.0. The number of carbonyl (C=O) groups excluding carboxylic acids is 5. The van der Waals surface area contributed by atoms with E-state index in [2.05, 4.69) is 30.6 Å². The minimum absolute atomic E-state index is 0.0383. The number of fused-ring (bicyclic) bond motifs is 18. The van der Waals surface area contributed by atoms with Crippen LogP contribution in [-0.2, 0) is 36.8 Å². The van der Waals surface area contributed by atoms with Crippen LogP contribution in [0, 0.1) is 5.92 Å². The highest BCUT2D eigenvalue weighted by molar-refractivity contribution is 7.03. The highest BCUT2D eigenvalue weighted by Crippen LogP contribution is 2.20. The summed E-state index contributed by atoms with van der Waals surface area (Å²) in [6.07, 6.45) is 3.39. The lowest BCUT2D eigenvalue weighted by Crippen LogP contribution is -2.58. The lowest BCUT2D eigenvalue weighted by atomic mass is 10.0. The third-order valence-corrected chi connectivity index (χ3v) is 9.13. The van der Waals surface area contributed by atoms with Crippen LogP contribution in [0.4, 0.5) is 0 Å². The molecule has 2 aromatic heterocycles. The summed E-state index contributed by atoms with van der Waals surface area (Å²) >= 11 is 1.11. The lowest BCUT2D eigenvalue weighted by Gasteiger charge is -2.30. The second kappa shape index (κ2) is 17.6. The number of methoxy groups -OCH3 is 1. The zero-order valence-electron chi connectivity index (χ0n) is 28.8. The normalized spacial score (nSPS) is 19.7. The van der Waals surface area contributed by atoms with Gasteiger partial charge in [-0.1, -0.05) is 44.2 Å². The van der Waals surface area contributed by atoms with Crippen LogP contribution in [0.3, 0.4) is 0 Å². The molecule has 4 aromatic rings. The molecule has 51 heavy (non-hydrogen) atoms. The van der Waals surface area contributed by atoms with Crippen molar-refractivity contribution in [3.63, 3.8) is 0 Å². The first-order valence-corrected chi connectivity index (χ1v) is 17.6. The second-order valence-electron chi connectivity index (χ2n) is 12.6. The van der Waals surface area contributed by atoms with E-state index in [1.807, 2.05) is 38.1 Å². The summed E-state index contributed by atoms with van der Waals surface area (Å²) in [4.78, 5) is 72.9. The third-order valence-electron chi connectivity index (χ3n) is 8.54. The van der Waals surface area contributed by atoms with Crippen molar-refractivity contribution in [1.29, 1.82) is 0 Å². The first-order chi connectivity index (χ1) is 24.6. The zero-order chi connectivity index (χ0) is 36.3. The molecular weight excluding hydrogens is 675 g/mol. The smallest absolute Gasteiger partial charge is 0.254 e. The van der Waals surface area contributed by atoms with Crippen LogP contribution in [0.25, 0.3) is 10.9 Å². The number of amides is 5. The van der Waals surface area contributed by atoms with Gasteiger partial charge in [-0.25, -0.2) is 4.37 Å². The van der Waals surface area contributed by atoms with Crippen LogP contribution in [0.2, 0.25) is 0 Å². The molecule has 0 spiro atoms. The van der Waals surface area contributed by atoms with Gasteiger partial charge in [-0.3, -0.25) is 24.0 Å². The van der Waals surface area contributed by atoms with Crippen LogP contribution in [0.15, 0.2) is 66.3 Å². The van der Waals surface area contributed by atoms with Crippen LogP contribution < -0.4 is 26.0 Å². The molecule has 0 radical (unpaired) electrons. The fourth-order valence-corrected chi connectivity index (χ4v) is 6.30. The summed E-state index contributed by atoms with van der Waals surface area (Å²) in [6, 6.07) is 11.6. The van der Waals surface area contributed by atoms with Crippen LogP contribution in [0.5, 0.6) is 5.75 Å². The Labute approximate surface area is 299 Å². The third kappa shape index (κ3) is 9.92. The van der Waals surface area contributed by atoms with Gasteiger partial charge in [-0.15, -0.1) is 0 Å². The van der Waals surface area contributed by atoms with Gasteiger partial charge in [-0.2, -0.15) is 0 Å². The van der Waals surface area contributed by atoms with E-state index in [9.17, 15) is 24.0 Å². The van der Waals surface area contributed by atoms with E-state index < -0.39 is 41.8 Å². The maximum Gasteiger partial charge on any atom is 0.254 e. The highest BCUT2D eigenvalue weighted by atomic mass is 32.1. The van der Waals surface area contributed by atoms with Gasteiger partial charge in [0.1, 0.15) is 30.5 Å². The molecule has 14 nitrogen and oxygen atoms in total. The van der Waals surface area contributed by atoms with Gasteiger partial charge in [0.2, 0.25) is 23.6 Å². The van der Waals surface area contributed by atoms with Crippen molar-refractivity contribution in [2.24, 2.45) is 5.92 Å². The number of H-pyrrole nitrogens is 1. The van der Waals surface area contributed by atoms with Gasteiger partial charge < -0.3 is 40.6 Å². The predicted octanol–water partition coefficient (Wildman–Crippen LogP) is 1.82. The van der Waals surface area contributed by atoms with Crippen molar-refractivity contribution in [3.05, 3.63) is 83.0 Å². The standard InChI is InChI=1S/C36H43N7O7S/c1-22(2)32-35(47)37-12-14-50-26-10-8-23(9-11-26)16-29(40-33(45)25-19-39-51-21-25)34(46)41-30(17-24-18-38-28-7-5-4-6-27(24)28)36(48)43(13-15-49-3)20-31(44)42-32/h4-11,18-19,21-22,29-30,32,38H,12-17,20H2,1-3H3,(H,37,47)(H,40,45)(H,41,46)(H,42,44)/t29-,30-,32-/m0/s1. The summed E-state index contributed by atoms with van der Waals surface area (Å²) in [7, 11) is 1.48. The summed E-state index contributed by atoms with van der Waals surface area (Å²) in [5, 5.41) is 13.8. The quantitative estimate of drug-likeness (QED) is 0.171. The van der Waals surface area contributed by atoms with Crippen LogP contribution in [-0.4, -0.2) is 102 Å². The van der Waals surface area contributed by atoms with E-state index in [1.54, 1.807) is 35.8 Å². The van der Waals surface area contributed by atoms with Gasteiger partial charge in [0.05, 0.1) is 31.5 Å². The number of aromatic amines is 1. The molecule has 2 aliphatic heterocycles. The molecule has 0 unspecified atom stereocenters. The molecule has 5 amide bonds. The first-order valence-electron chi connectivity index (χ1n) is 16.7. The SMILES string of the molecule is COCCN1CC(=O)N[C@@H](C(C)C)C(=O)NCCOc2ccc(cc2)C[C@H](NC(=O)c2cnsc2)C(=O)N[C@@H](Cc2c[nH]c3ccccc23)C1=O. The summed E-state index contributed by atoms with van der Waals surface area (Å²) < 4.78 is 15.1. The number of carbonyl (C=O) groups is 5. The number of benzene rings is 2. The number of nitrogens with zero attached hydrogens (tertiary/aromatic N) is 2. The predicted molar refractivity (Wildman–Crippen MR) is 191 cm³/mol. The van der Waals surface area contributed by atoms with E-state index in [-0.39, 0.29) is 57.5 Å². The number of hydrogen-bond donors (Lipinski definition) is 5. The van der Waals surface area contributed by atoms with Gasteiger partial charge in [-0.05, 0) is 46.8 Å². The molecule has 2 aromatic carbocycles. The molecule has 0 aliphatic carbocycles. The Balaban J connectivity index is 1.51. The minimum atomic E-state index is -1.14. The van der Waals surface area contributed by atoms with Gasteiger partial charge in [0.25, 0.3) is 5.91 Å². The molecule has 15 heteroatoms. The molecule has 2 aliphatic rings.